The van der Waals surface area contributed by atoms with Crippen LogP contribution in [-0.4, -0.2) is 0 Å². The molecule has 0 fully saturated rings. The van der Waals surface area contributed by atoms with E-state index in [0.717, 1.165) is 27.6 Å². The number of aromatic nitrogens is 1. The predicted octanol–water partition coefficient (Wildman–Crippen LogP) is 1.29. The highest BCUT2D eigenvalue weighted by Crippen LogP contribution is 2.19. The maximum atomic E-state index is 5.50. The van der Waals surface area contributed by atoms with Gasteiger partial charge in [-0.1, -0.05) is 6.08 Å². The minimum Gasteiger partial charge on any atom is -0.458 e. The first-order valence-corrected chi connectivity index (χ1v) is 5.34. The largest absolute Gasteiger partial charge is 0.458 e. The zero-order chi connectivity index (χ0) is 11.7. The summed E-state index contributed by atoms with van der Waals surface area (Å²) in [5.41, 5.74) is 2.20. The average Bonchev–Trinajstić information content (AvgIpc) is 2.69. The monoisotopic (exact) mass is 214 g/mol. The van der Waals surface area contributed by atoms with Crippen LogP contribution in [0.15, 0.2) is 28.9 Å². The number of pyridine rings is 1. The summed E-state index contributed by atoms with van der Waals surface area (Å²) in [6.07, 6.45) is 3.77. The molecular formula is C14H16NO+. The van der Waals surface area contributed by atoms with Crippen LogP contribution in [0.5, 0.6) is 0 Å². The molecule has 0 spiro atoms. The maximum Gasteiger partial charge on any atom is 0.248 e. The Kier molecular flexibility index (Phi) is 2.65. The van der Waals surface area contributed by atoms with Crippen LogP contribution in [0.3, 0.4) is 0 Å². The van der Waals surface area contributed by atoms with Crippen LogP contribution in [0.2, 0.25) is 0 Å². The molecule has 16 heavy (non-hydrogen) atoms. The van der Waals surface area contributed by atoms with Crippen molar-refractivity contribution in [3.8, 4) is 11.5 Å². The summed E-state index contributed by atoms with van der Waals surface area (Å²) in [5, 5.41) is 2.14. The van der Waals surface area contributed by atoms with E-state index in [4.69, 9.17) is 4.42 Å². The molecular weight excluding hydrogens is 198 g/mol. The van der Waals surface area contributed by atoms with E-state index < -0.39 is 0 Å². The van der Waals surface area contributed by atoms with E-state index in [-0.39, 0.29) is 0 Å². The quantitative estimate of drug-likeness (QED) is 0.654. The summed E-state index contributed by atoms with van der Waals surface area (Å²) in [4.78, 5) is 0. The Bertz CT molecular complexity index is 623. The Balaban J connectivity index is 2.75. The van der Waals surface area contributed by atoms with Crippen molar-refractivity contribution in [2.45, 2.75) is 13.8 Å². The molecule has 2 aromatic heterocycles. The van der Waals surface area contributed by atoms with E-state index >= 15 is 0 Å². The molecule has 0 saturated carbocycles. The molecule has 0 aliphatic rings. The summed E-state index contributed by atoms with van der Waals surface area (Å²) >= 11 is 0. The Morgan fingerprint density at radius 1 is 1.31 bits per heavy atom. The van der Waals surface area contributed by atoms with Crippen LogP contribution >= 0.6 is 0 Å². The van der Waals surface area contributed by atoms with Gasteiger partial charge in [-0.25, -0.2) is 0 Å². The van der Waals surface area contributed by atoms with Gasteiger partial charge in [0.25, 0.3) is 0 Å². The zero-order valence-electron chi connectivity index (χ0n) is 9.95. The summed E-state index contributed by atoms with van der Waals surface area (Å²) < 4.78 is 7.56. The molecule has 0 bridgehead atoms. The van der Waals surface area contributed by atoms with E-state index in [1.807, 2.05) is 27.0 Å². The lowest BCUT2D eigenvalue weighted by molar-refractivity contribution is -0.674. The molecule has 2 rings (SSSR count). The molecule has 0 aromatic carbocycles. The molecule has 0 aliphatic carbocycles. The molecule has 2 nitrogen and oxygen atoms in total. The van der Waals surface area contributed by atoms with Gasteiger partial charge in [0.1, 0.15) is 7.05 Å². The molecule has 0 aliphatic heterocycles. The van der Waals surface area contributed by atoms with E-state index in [1.54, 1.807) is 6.26 Å². The van der Waals surface area contributed by atoms with Crippen LogP contribution in [0.1, 0.15) is 12.5 Å². The van der Waals surface area contributed by atoms with Crippen molar-refractivity contribution in [2.75, 3.05) is 0 Å². The smallest absolute Gasteiger partial charge is 0.248 e. The molecule has 2 heteroatoms. The average molecular weight is 214 g/mol. The minimum atomic E-state index is 0.912. The van der Waals surface area contributed by atoms with Gasteiger partial charge in [0, 0.05) is 16.8 Å². The molecule has 0 amide bonds. The molecule has 0 atom stereocenters. The fourth-order valence-corrected chi connectivity index (χ4v) is 1.84. The Hall–Kier alpha value is -1.83. The van der Waals surface area contributed by atoms with Gasteiger partial charge in [0.15, 0.2) is 0 Å². The summed E-state index contributed by atoms with van der Waals surface area (Å²) in [6, 6.07) is 6.10. The second-order valence-corrected chi connectivity index (χ2v) is 3.90. The topological polar surface area (TPSA) is 17.0 Å². The van der Waals surface area contributed by atoms with Gasteiger partial charge in [0.2, 0.25) is 16.8 Å². The first-order chi connectivity index (χ1) is 7.65. The Morgan fingerprint density at radius 3 is 2.62 bits per heavy atom. The normalized spacial score (nSPS) is 12.1. The van der Waals surface area contributed by atoms with Crippen LogP contribution in [-0.2, 0) is 7.05 Å². The highest BCUT2D eigenvalue weighted by atomic mass is 16.3. The second kappa shape index (κ2) is 3.97. The molecule has 2 aromatic rings. The standard InChI is InChI=1S/C14H16NO/c1-5-12-6-7-13(15(4)11(12)3)14-10(2)8-9-16-14/h5-9H,3H2,1-2,4H3/q+1. The lowest BCUT2D eigenvalue weighted by Gasteiger charge is -1.98. The Labute approximate surface area is 95.2 Å². The number of aryl methyl sites for hydroxylation is 1. The molecule has 0 radical (unpaired) electrons. The molecule has 82 valence electrons. The highest BCUT2D eigenvalue weighted by Gasteiger charge is 2.15. The summed E-state index contributed by atoms with van der Waals surface area (Å²) in [5.74, 6) is 0.912. The van der Waals surface area contributed by atoms with E-state index in [9.17, 15) is 0 Å². The third kappa shape index (κ3) is 1.56. The second-order valence-electron chi connectivity index (χ2n) is 3.90. The van der Waals surface area contributed by atoms with Crippen molar-refractivity contribution < 1.29 is 8.98 Å². The highest BCUT2D eigenvalue weighted by molar-refractivity contribution is 5.53. The fraction of sp³-hybridized carbons (Fsp3) is 0.214. The maximum absolute atomic E-state index is 5.50. The first-order valence-electron chi connectivity index (χ1n) is 5.34. The van der Waals surface area contributed by atoms with Gasteiger partial charge in [-0.15, -0.1) is 0 Å². The summed E-state index contributed by atoms with van der Waals surface area (Å²) in [7, 11) is 2.01. The van der Waals surface area contributed by atoms with Gasteiger partial charge < -0.3 is 4.42 Å². The number of hydrogen-bond donors (Lipinski definition) is 0. The molecule has 0 N–H and O–H groups in total. The van der Waals surface area contributed by atoms with Gasteiger partial charge >= 0.3 is 0 Å². The number of rotatable bonds is 1. The third-order valence-corrected chi connectivity index (χ3v) is 2.93. The van der Waals surface area contributed by atoms with Crippen molar-refractivity contribution in [1.82, 2.24) is 0 Å². The van der Waals surface area contributed by atoms with E-state index in [0.29, 0.717) is 0 Å². The molecule has 0 unspecified atom stereocenters. The van der Waals surface area contributed by atoms with Crippen molar-refractivity contribution in [1.29, 1.82) is 0 Å². The van der Waals surface area contributed by atoms with Gasteiger partial charge in [-0.2, -0.15) is 4.57 Å². The van der Waals surface area contributed by atoms with Crippen LogP contribution in [0.4, 0.5) is 0 Å². The SMILES string of the molecule is C=c1c(=CC)ccc(-c2occc2C)[n+]1C. The molecule has 0 saturated heterocycles. The lowest BCUT2D eigenvalue weighted by atomic mass is 10.2. The van der Waals surface area contributed by atoms with Crippen molar-refractivity contribution in [2.24, 2.45) is 7.05 Å². The van der Waals surface area contributed by atoms with Crippen LogP contribution in [0, 0.1) is 6.92 Å². The van der Waals surface area contributed by atoms with Crippen LogP contribution < -0.4 is 15.1 Å². The summed E-state index contributed by atoms with van der Waals surface area (Å²) in [6.45, 7) is 8.14. The minimum absolute atomic E-state index is 0.912. The van der Waals surface area contributed by atoms with Crippen molar-refractivity contribution >= 4 is 12.7 Å². The molecule has 2 heterocycles. The van der Waals surface area contributed by atoms with Crippen molar-refractivity contribution in [3.63, 3.8) is 0 Å². The van der Waals surface area contributed by atoms with Crippen molar-refractivity contribution in [3.05, 3.63) is 40.6 Å². The number of nitrogens with zero attached hydrogens (tertiary/aromatic N) is 1. The zero-order valence-corrected chi connectivity index (χ0v) is 9.95. The van der Waals surface area contributed by atoms with Gasteiger partial charge in [-0.05, 0) is 32.6 Å². The Morgan fingerprint density at radius 2 is 2.06 bits per heavy atom. The van der Waals surface area contributed by atoms with E-state index in [2.05, 4.69) is 29.4 Å². The van der Waals surface area contributed by atoms with E-state index in [1.165, 1.54) is 0 Å². The van der Waals surface area contributed by atoms with Crippen LogP contribution in [0.25, 0.3) is 24.1 Å². The van der Waals surface area contributed by atoms with Gasteiger partial charge in [-0.3, -0.25) is 0 Å². The first kappa shape index (κ1) is 10.7. The number of furan rings is 1. The van der Waals surface area contributed by atoms with Gasteiger partial charge in [0.05, 0.1) is 6.26 Å². The third-order valence-electron chi connectivity index (χ3n) is 2.93. The number of hydrogen-bond acceptors (Lipinski definition) is 1. The fourth-order valence-electron chi connectivity index (χ4n) is 1.84. The predicted molar refractivity (Wildman–Crippen MR) is 65.0 cm³/mol. The lowest BCUT2D eigenvalue weighted by Crippen LogP contribution is -2.54.